The van der Waals surface area contributed by atoms with Gasteiger partial charge in [0, 0.05) is 10.9 Å². The molecule has 1 atom stereocenters. The first-order valence-electron chi connectivity index (χ1n) is 11.5. The number of anilines is 2. The molecule has 1 aliphatic carbocycles. The number of nitrogens with one attached hydrogen (secondary N) is 2. The van der Waals surface area contributed by atoms with Gasteiger partial charge in [0.2, 0.25) is 5.91 Å². The molecule has 2 N–H and O–H groups in total. The Kier molecular flexibility index (Phi) is 7.60. The fourth-order valence-corrected chi connectivity index (χ4v) is 5.70. The maximum atomic E-state index is 13.6. The minimum Gasteiger partial charge on any atom is -0.497 e. The molecule has 7 nitrogen and oxygen atoms in total. The highest BCUT2D eigenvalue weighted by Crippen LogP contribution is 2.40. The second-order valence-corrected chi connectivity index (χ2v) is 9.75. The van der Waals surface area contributed by atoms with Gasteiger partial charge in [-0.15, -0.1) is 11.3 Å². The molecule has 2 amide bonds. The van der Waals surface area contributed by atoms with Crippen molar-refractivity contribution in [3.05, 3.63) is 64.0 Å². The minimum atomic E-state index is -0.275. The molecule has 0 fully saturated rings. The van der Waals surface area contributed by atoms with Crippen LogP contribution >= 0.6 is 11.3 Å². The average molecular weight is 495 g/mol. The van der Waals surface area contributed by atoms with Gasteiger partial charge in [-0.1, -0.05) is 19.1 Å². The van der Waals surface area contributed by atoms with Crippen molar-refractivity contribution in [3.8, 4) is 17.2 Å². The number of thiophene rings is 1. The Morgan fingerprint density at radius 3 is 2.37 bits per heavy atom. The number of carbonyl (C=O) groups is 2. The van der Waals surface area contributed by atoms with Crippen LogP contribution in [0.15, 0.2) is 42.5 Å². The quantitative estimate of drug-likeness (QED) is 0.442. The molecule has 0 unspecified atom stereocenters. The summed E-state index contributed by atoms with van der Waals surface area (Å²) in [5.74, 6) is 1.97. The Hall–Kier alpha value is -3.52. The van der Waals surface area contributed by atoms with E-state index >= 15 is 0 Å². The van der Waals surface area contributed by atoms with Crippen LogP contribution in [-0.4, -0.2) is 33.1 Å². The molecule has 1 aromatic heterocycles. The lowest BCUT2D eigenvalue weighted by Gasteiger charge is -2.19. The lowest BCUT2D eigenvalue weighted by molar-refractivity contribution is -0.115. The van der Waals surface area contributed by atoms with Crippen molar-refractivity contribution in [2.75, 3.05) is 32.0 Å². The van der Waals surface area contributed by atoms with Crippen LogP contribution in [0.3, 0.4) is 0 Å². The van der Waals surface area contributed by atoms with E-state index in [4.69, 9.17) is 14.2 Å². The van der Waals surface area contributed by atoms with Crippen molar-refractivity contribution < 1.29 is 23.8 Å². The largest absolute Gasteiger partial charge is 0.497 e. The van der Waals surface area contributed by atoms with E-state index in [1.54, 1.807) is 39.5 Å². The van der Waals surface area contributed by atoms with Gasteiger partial charge in [-0.25, -0.2) is 0 Å². The summed E-state index contributed by atoms with van der Waals surface area (Å²) in [6.45, 7) is 2.21. The maximum Gasteiger partial charge on any atom is 0.259 e. The topological polar surface area (TPSA) is 85.9 Å². The van der Waals surface area contributed by atoms with Crippen LogP contribution in [0.5, 0.6) is 17.2 Å². The average Bonchev–Trinajstić information content (AvgIpc) is 3.20. The number of methoxy groups -OCH3 is 3. The number of rotatable bonds is 8. The molecule has 0 bridgehead atoms. The summed E-state index contributed by atoms with van der Waals surface area (Å²) >= 11 is 1.50. The molecule has 0 aliphatic heterocycles. The normalized spacial score (nSPS) is 14.6. The van der Waals surface area contributed by atoms with Crippen LogP contribution in [0, 0.1) is 5.92 Å². The van der Waals surface area contributed by atoms with Crippen LogP contribution in [-0.2, 0) is 24.1 Å². The van der Waals surface area contributed by atoms with E-state index in [2.05, 4.69) is 17.6 Å². The number of carbonyl (C=O) groups excluding carboxylic acids is 2. The standard InChI is InChI=1S/C27H30N2O5S/c1-16-5-11-20-23(13-16)35-27(29-24(30)14-17-6-8-18(32-2)9-7-17)25(20)26(31)28-21-15-19(33-3)10-12-22(21)34-4/h6-10,12,15-16H,5,11,13-14H2,1-4H3,(H,28,31)(H,29,30)/t16-/m0/s1. The molecule has 4 rings (SSSR count). The van der Waals surface area contributed by atoms with Gasteiger partial charge in [0.15, 0.2) is 0 Å². The third kappa shape index (κ3) is 5.59. The Labute approximate surface area is 209 Å². The van der Waals surface area contributed by atoms with E-state index in [9.17, 15) is 9.59 Å². The van der Waals surface area contributed by atoms with Crippen LogP contribution in [0.25, 0.3) is 0 Å². The summed E-state index contributed by atoms with van der Waals surface area (Å²) in [5, 5.41) is 6.57. The number of hydrogen-bond acceptors (Lipinski definition) is 6. The highest BCUT2D eigenvalue weighted by Gasteiger charge is 2.29. The van der Waals surface area contributed by atoms with Crippen LogP contribution < -0.4 is 24.8 Å². The number of amides is 2. The van der Waals surface area contributed by atoms with Gasteiger partial charge in [-0.05, 0) is 60.6 Å². The zero-order chi connectivity index (χ0) is 24.9. The van der Waals surface area contributed by atoms with Gasteiger partial charge < -0.3 is 24.8 Å². The summed E-state index contributed by atoms with van der Waals surface area (Å²) in [6, 6.07) is 12.6. The van der Waals surface area contributed by atoms with Crippen molar-refractivity contribution in [2.24, 2.45) is 5.92 Å². The van der Waals surface area contributed by atoms with Gasteiger partial charge in [-0.2, -0.15) is 0 Å². The summed E-state index contributed by atoms with van der Waals surface area (Å²) in [5.41, 5.74) is 2.93. The van der Waals surface area contributed by atoms with Crippen molar-refractivity contribution in [2.45, 2.75) is 32.6 Å². The number of fused-ring (bicyclic) bond motifs is 1. The van der Waals surface area contributed by atoms with Gasteiger partial charge in [0.05, 0.1) is 39.0 Å². The lowest BCUT2D eigenvalue weighted by Crippen LogP contribution is -2.20. The fourth-order valence-electron chi connectivity index (χ4n) is 4.28. The highest BCUT2D eigenvalue weighted by molar-refractivity contribution is 7.17. The van der Waals surface area contributed by atoms with E-state index in [0.717, 1.165) is 41.0 Å². The van der Waals surface area contributed by atoms with Gasteiger partial charge in [0.1, 0.15) is 22.2 Å². The Morgan fingerprint density at radius 1 is 0.971 bits per heavy atom. The van der Waals surface area contributed by atoms with E-state index in [1.165, 1.54) is 11.3 Å². The van der Waals surface area contributed by atoms with Crippen molar-refractivity contribution in [1.82, 2.24) is 0 Å². The number of ether oxygens (including phenoxy) is 3. The van der Waals surface area contributed by atoms with Crippen molar-refractivity contribution >= 4 is 33.8 Å². The van der Waals surface area contributed by atoms with Crippen LogP contribution in [0.1, 0.15) is 39.7 Å². The van der Waals surface area contributed by atoms with E-state index in [1.807, 2.05) is 24.3 Å². The monoisotopic (exact) mass is 494 g/mol. The number of benzene rings is 2. The maximum absolute atomic E-state index is 13.6. The zero-order valence-electron chi connectivity index (χ0n) is 20.4. The lowest BCUT2D eigenvalue weighted by atomic mass is 9.88. The summed E-state index contributed by atoms with van der Waals surface area (Å²) in [4.78, 5) is 27.6. The second-order valence-electron chi connectivity index (χ2n) is 8.65. The van der Waals surface area contributed by atoms with E-state index < -0.39 is 0 Å². The summed E-state index contributed by atoms with van der Waals surface area (Å²) < 4.78 is 15.9. The number of hydrogen-bond donors (Lipinski definition) is 2. The summed E-state index contributed by atoms with van der Waals surface area (Å²) in [6.07, 6.45) is 2.91. The van der Waals surface area contributed by atoms with Crippen LogP contribution in [0.4, 0.5) is 10.7 Å². The molecule has 184 valence electrons. The first-order valence-corrected chi connectivity index (χ1v) is 12.3. The second kappa shape index (κ2) is 10.8. The molecule has 0 spiro atoms. The molecule has 8 heteroatoms. The predicted octanol–water partition coefficient (Wildman–Crippen LogP) is 5.33. The molecular formula is C27H30N2O5S. The van der Waals surface area contributed by atoms with Crippen molar-refractivity contribution in [1.29, 1.82) is 0 Å². The minimum absolute atomic E-state index is 0.171. The van der Waals surface area contributed by atoms with Gasteiger partial charge >= 0.3 is 0 Å². The molecule has 35 heavy (non-hydrogen) atoms. The molecule has 1 aliphatic rings. The fraction of sp³-hybridized carbons (Fsp3) is 0.333. The smallest absolute Gasteiger partial charge is 0.259 e. The van der Waals surface area contributed by atoms with Crippen LogP contribution in [0.2, 0.25) is 0 Å². The molecule has 3 aromatic rings. The zero-order valence-corrected chi connectivity index (χ0v) is 21.2. The molecule has 0 saturated carbocycles. The third-order valence-electron chi connectivity index (χ3n) is 6.17. The Bertz CT molecular complexity index is 1220. The highest BCUT2D eigenvalue weighted by atomic mass is 32.1. The van der Waals surface area contributed by atoms with E-state index in [-0.39, 0.29) is 18.2 Å². The molecule has 1 heterocycles. The first kappa shape index (κ1) is 24.6. The SMILES string of the molecule is COc1ccc(CC(=O)Nc2sc3c(c2C(=O)Nc2cc(OC)ccc2OC)CC[C@H](C)C3)cc1. The third-order valence-corrected chi connectivity index (χ3v) is 7.34. The molecular weight excluding hydrogens is 464 g/mol. The first-order chi connectivity index (χ1) is 16.9. The Balaban J connectivity index is 1.61. The molecule has 0 saturated heterocycles. The van der Waals surface area contributed by atoms with Gasteiger partial charge in [0.25, 0.3) is 5.91 Å². The van der Waals surface area contributed by atoms with Crippen molar-refractivity contribution in [3.63, 3.8) is 0 Å². The van der Waals surface area contributed by atoms with Gasteiger partial charge in [-0.3, -0.25) is 9.59 Å². The summed E-state index contributed by atoms with van der Waals surface area (Å²) in [7, 11) is 4.73. The molecule has 0 radical (unpaired) electrons. The molecule has 2 aromatic carbocycles. The van der Waals surface area contributed by atoms with E-state index in [0.29, 0.717) is 33.7 Å². The predicted molar refractivity (Wildman–Crippen MR) is 138 cm³/mol. The Morgan fingerprint density at radius 2 is 1.69 bits per heavy atom.